The van der Waals surface area contributed by atoms with Gasteiger partial charge in [0.15, 0.2) is 0 Å². The number of carbonyl (C=O) groups is 1. The van der Waals surface area contributed by atoms with Crippen molar-refractivity contribution >= 4 is 39.9 Å². The van der Waals surface area contributed by atoms with Gasteiger partial charge in [0.25, 0.3) is 0 Å². The van der Waals surface area contributed by atoms with E-state index in [4.69, 9.17) is 9.47 Å². The molecule has 6 heteroatoms. The van der Waals surface area contributed by atoms with Gasteiger partial charge in [-0.2, -0.15) is 0 Å². The van der Waals surface area contributed by atoms with Crippen molar-refractivity contribution in [3.05, 3.63) is 68.7 Å². The van der Waals surface area contributed by atoms with Crippen molar-refractivity contribution in [2.75, 3.05) is 7.11 Å². The number of halogens is 1. The highest BCUT2D eigenvalue weighted by Crippen LogP contribution is 2.32. The summed E-state index contributed by atoms with van der Waals surface area (Å²) in [6.07, 6.45) is 0. The van der Waals surface area contributed by atoms with Crippen LogP contribution in [0.2, 0.25) is 0 Å². The summed E-state index contributed by atoms with van der Waals surface area (Å²) in [5.74, 6) is 0.426. The van der Waals surface area contributed by atoms with Gasteiger partial charge in [-0.05, 0) is 52.9 Å². The van der Waals surface area contributed by atoms with Gasteiger partial charge in [0, 0.05) is 8.95 Å². The Bertz CT molecular complexity index is 863. The van der Waals surface area contributed by atoms with E-state index in [1.54, 1.807) is 19.2 Å². The third-order valence-corrected chi connectivity index (χ3v) is 4.90. The number of thiazole rings is 1. The van der Waals surface area contributed by atoms with Crippen molar-refractivity contribution in [1.82, 2.24) is 4.98 Å². The highest BCUT2D eigenvalue weighted by molar-refractivity contribution is 14.1. The molecular weight excluding hydrogens is 437 g/mol. The van der Waals surface area contributed by atoms with Crippen molar-refractivity contribution in [2.24, 2.45) is 0 Å². The summed E-state index contributed by atoms with van der Waals surface area (Å²) in [5, 5.41) is 2.73. The molecule has 0 unspecified atom stereocenters. The average Bonchev–Trinajstić information content (AvgIpc) is 3.08. The van der Waals surface area contributed by atoms with Gasteiger partial charge >= 0.3 is 5.97 Å². The normalized spacial score (nSPS) is 10.4. The summed E-state index contributed by atoms with van der Waals surface area (Å²) in [5.41, 5.74) is 2.20. The monoisotopic (exact) mass is 451 g/mol. The van der Waals surface area contributed by atoms with E-state index in [0.29, 0.717) is 5.56 Å². The minimum Gasteiger partial charge on any atom is -0.496 e. The molecule has 0 aliphatic carbocycles. The Kier molecular flexibility index (Phi) is 5.47. The molecule has 1 aromatic heterocycles. The van der Waals surface area contributed by atoms with Crippen molar-refractivity contribution in [1.29, 1.82) is 0 Å². The molecule has 24 heavy (non-hydrogen) atoms. The Morgan fingerprint density at radius 1 is 1.21 bits per heavy atom. The molecule has 0 amide bonds. The lowest BCUT2D eigenvalue weighted by molar-refractivity contribution is 0.0468. The summed E-state index contributed by atoms with van der Waals surface area (Å²) in [4.78, 5) is 16.6. The zero-order chi connectivity index (χ0) is 16.9. The zero-order valence-electron chi connectivity index (χ0n) is 12.9. The lowest BCUT2D eigenvalue weighted by Gasteiger charge is -2.05. The summed E-state index contributed by atoms with van der Waals surface area (Å²) in [7, 11) is 1.64. The van der Waals surface area contributed by atoms with Crippen LogP contribution in [0.4, 0.5) is 0 Å². The molecule has 1 heterocycles. The smallest absolute Gasteiger partial charge is 0.338 e. The average molecular weight is 451 g/mol. The molecule has 4 nitrogen and oxygen atoms in total. The topological polar surface area (TPSA) is 48.4 Å². The Morgan fingerprint density at radius 2 is 2.04 bits per heavy atom. The molecule has 0 spiro atoms. The number of hydrogen-bond donors (Lipinski definition) is 0. The van der Waals surface area contributed by atoms with Gasteiger partial charge < -0.3 is 9.47 Å². The summed E-state index contributed by atoms with van der Waals surface area (Å²) in [6.45, 7) is 0.149. The van der Waals surface area contributed by atoms with E-state index in [-0.39, 0.29) is 12.6 Å². The van der Waals surface area contributed by atoms with Gasteiger partial charge in [-0.25, -0.2) is 9.78 Å². The fourth-order valence-electron chi connectivity index (χ4n) is 2.16. The van der Waals surface area contributed by atoms with Crippen LogP contribution < -0.4 is 4.74 Å². The minimum absolute atomic E-state index is 0.149. The molecule has 3 aromatic rings. The molecule has 0 atom stereocenters. The quantitative estimate of drug-likeness (QED) is 0.414. The van der Waals surface area contributed by atoms with Crippen LogP contribution in [0, 0.1) is 3.57 Å². The first-order chi connectivity index (χ1) is 11.7. The van der Waals surface area contributed by atoms with E-state index in [1.165, 1.54) is 11.3 Å². The van der Waals surface area contributed by atoms with E-state index in [2.05, 4.69) is 27.6 Å². The van der Waals surface area contributed by atoms with E-state index in [1.807, 2.05) is 41.8 Å². The van der Waals surface area contributed by atoms with Crippen LogP contribution in [0.3, 0.4) is 0 Å². The Labute approximate surface area is 157 Å². The molecule has 0 fully saturated rings. The van der Waals surface area contributed by atoms with Crippen molar-refractivity contribution in [3.63, 3.8) is 0 Å². The number of carbonyl (C=O) groups excluding carboxylic acids is 1. The maximum Gasteiger partial charge on any atom is 0.338 e. The molecule has 0 bridgehead atoms. The van der Waals surface area contributed by atoms with Crippen LogP contribution in [0.5, 0.6) is 5.75 Å². The number of nitrogens with zero attached hydrogens (tertiary/aromatic N) is 1. The number of ether oxygens (including phenoxy) is 2. The number of rotatable bonds is 5. The van der Waals surface area contributed by atoms with Gasteiger partial charge in [-0.15, -0.1) is 11.3 Å². The maximum atomic E-state index is 12.1. The molecule has 0 saturated carbocycles. The molecule has 0 N–H and O–H groups in total. The number of esters is 1. The number of para-hydroxylation sites is 1. The summed E-state index contributed by atoms with van der Waals surface area (Å²) >= 11 is 3.66. The highest BCUT2D eigenvalue weighted by atomic mass is 127. The fourth-order valence-corrected chi connectivity index (χ4v) is 3.53. The van der Waals surface area contributed by atoms with Gasteiger partial charge in [-0.3, -0.25) is 0 Å². The van der Waals surface area contributed by atoms with E-state index < -0.39 is 0 Å². The molecule has 0 aliphatic rings. The van der Waals surface area contributed by atoms with E-state index >= 15 is 0 Å². The van der Waals surface area contributed by atoms with Crippen LogP contribution >= 0.6 is 33.9 Å². The summed E-state index contributed by atoms with van der Waals surface area (Å²) in [6, 6.07) is 15.0. The summed E-state index contributed by atoms with van der Waals surface area (Å²) < 4.78 is 11.7. The standard InChI is InChI=1S/C18H14INO3S/c1-22-16-8-3-2-7-15(16)17-20-14(11-24-17)10-23-18(21)12-5-4-6-13(19)9-12/h2-9,11H,10H2,1H3. The Balaban J connectivity index is 1.69. The molecule has 0 saturated heterocycles. The maximum absolute atomic E-state index is 12.1. The third kappa shape index (κ3) is 3.93. The highest BCUT2D eigenvalue weighted by Gasteiger charge is 2.12. The molecule has 2 aromatic carbocycles. The minimum atomic E-state index is -0.347. The van der Waals surface area contributed by atoms with E-state index in [0.717, 1.165) is 25.6 Å². The number of hydrogen-bond acceptors (Lipinski definition) is 5. The molecule has 0 radical (unpaired) electrons. The Morgan fingerprint density at radius 3 is 2.83 bits per heavy atom. The lowest BCUT2D eigenvalue weighted by Crippen LogP contribution is -2.05. The molecule has 122 valence electrons. The van der Waals surface area contributed by atoms with Gasteiger partial charge in [0.2, 0.25) is 0 Å². The van der Waals surface area contributed by atoms with Crippen molar-refractivity contribution < 1.29 is 14.3 Å². The van der Waals surface area contributed by atoms with E-state index in [9.17, 15) is 4.79 Å². The molecule has 3 rings (SSSR count). The largest absolute Gasteiger partial charge is 0.496 e. The number of benzene rings is 2. The predicted molar refractivity (Wildman–Crippen MR) is 102 cm³/mol. The van der Waals surface area contributed by atoms with Crippen LogP contribution in [0.1, 0.15) is 16.1 Å². The third-order valence-electron chi connectivity index (χ3n) is 3.30. The van der Waals surface area contributed by atoms with Crippen LogP contribution in [-0.4, -0.2) is 18.1 Å². The first kappa shape index (κ1) is 16.9. The van der Waals surface area contributed by atoms with Gasteiger partial charge in [0.05, 0.1) is 23.9 Å². The predicted octanol–water partition coefficient (Wildman–Crippen LogP) is 4.78. The lowest BCUT2D eigenvalue weighted by atomic mass is 10.2. The van der Waals surface area contributed by atoms with Gasteiger partial charge in [-0.1, -0.05) is 18.2 Å². The van der Waals surface area contributed by atoms with Gasteiger partial charge in [0.1, 0.15) is 17.4 Å². The Hall–Kier alpha value is -1.93. The molecule has 0 aliphatic heterocycles. The van der Waals surface area contributed by atoms with Crippen LogP contribution in [0.25, 0.3) is 10.6 Å². The second-order valence-electron chi connectivity index (χ2n) is 4.93. The first-order valence-electron chi connectivity index (χ1n) is 7.18. The SMILES string of the molecule is COc1ccccc1-c1nc(COC(=O)c2cccc(I)c2)cs1. The second kappa shape index (κ2) is 7.76. The second-order valence-corrected chi connectivity index (χ2v) is 7.03. The number of methoxy groups -OCH3 is 1. The zero-order valence-corrected chi connectivity index (χ0v) is 15.8. The molecular formula is C18H14INO3S. The van der Waals surface area contributed by atoms with Crippen molar-refractivity contribution in [2.45, 2.75) is 6.61 Å². The van der Waals surface area contributed by atoms with Crippen molar-refractivity contribution in [3.8, 4) is 16.3 Å². The van der Waals surface area contributed by atoms with Crippen LogP contribution in [0.15, 0.2) is 53.9 Å². The first-order valence-corrected chi connectivity index (χ1v) is 9.13. The fraction of sp³-hybridized carbons (Fsp3) is 0.111. The van der Waals surface area contributed by atoms with Crippen LogP contribution in [-0.2, 0) is 11.3 Å². The number of aromatic nitrogens is 1.